The average Bonchev–Trinajstić information content (AvgIpc) is 3.72. The summed E-state index contributed by atoms with van der Waals surface area (Å²) < 4.78 is 8.95. The number of anilines is 3. The highest BCUT2D eigenvalue weighted by Crippen LogP contribution is 2.46. The van der Waals surface area contributed by atoms with E-state index in [9.17, 15) is 0 Å². The Hall–Kier alpha value is -6.58. The molecule has 10 aromatic rings. The molecule has 10 rings (SSSR count). The molecular weight excluding hydrogens is 597 g/mol. The Kier molecular flexibility index (Phi) is 6.18. The summed E-state index contributed by atoms with van der Waals surface area (Å²) in [5, 5.41) is 7.09. The molecule has 0 unspecified atom stereocenters. The molecule has 2 aromatic heterocycles. The van der Waals surface area contributed by atoms with Crippen molar-refractivity contribution in [1.29, 1.82) is 0 Å². The molecule has 0 radical (unpaired) electrons. The van der Waals surface area contributed by atoms with Crippen LogP contribution < -0.4 is 4.90 Å². The number of fused-ring (bicyclic) bond motifs is 7. The minimum atomic E-state index is 0.876. The van der Waals surface area contributed by atoms with E-state index < -0.39 is 0 Å². The molecule has 0 atom stereocenters. The Labute approximate surface area is 283 Å². The van der Waals surface area contributed by atoms with Crippen LogP contribution in [0.15, 0.2) is 186 Å². The molecule has 0 aliphatic carbocycles. The van der Waals surface area contributed by atoms with E-state index in [0.717, 1.165) is 44.7 Å². The van der Waals surface area contributed by atoms with Crippen LogP contribution in [0.2, 0.25) is 0 Å². The number of benzene rings is 8. The van der Waals surface area contributed by atoms with E-state index in [4.69, 9.17) is 4.42 Å². The predicted molar refractivity (Wildman–Crippen MR) is 206 cm³/mol. The maximum absolute atomic E-state index is 6.58. The Bertz CT molecular complexity index is 2830. The van der Waals surface area contributed by atoms with E-state index in [1.807, 2.05) is 12.1 Å². The molecule has 0 saturated heterocycles. The van der Waals surface area contributed by atoms with Gasteiger partial charge in [-0.05, 0) is 77.2 Å². The van der Waals surface area contributed by atoms with Gasteiger partial charge in [0.05, 0.1) is 22.4 Å². The van der Waals surface area contributed by atoms with Gasteiger partial charge in [0.1, 0.15) is 5.58 Å². The molecule has 0 N–H and O–H groups in total. The Morgan fingerprint density at radius 2 is 1.06 bits per heavy atom. The van der Waals surface area contributed by atoms with Gasteiger partial charge in [-0.25, -0.2) is 0 Å². The lowest BCUT2D eigenvalue weighted by molar-refractivity contribution is 0.669. The molecular formula is C46H30N2O. The van der Waals surface area contributed by atoms with Gasteiger partial charge in [-0.1, -0.05) is 121 Å². The Morgan fingerprint density at radius 1 is 0.408 bits per heavy atom. The Balaban J connectivity index is 1.20. The molecule has 3 nitrogen and oxygen atoms in total. The van der Waals surface area contributed by atoms with E-state index in [1.165, 1.54) is 43.7 Å². The number of nitrogens with zero attached hydrogens (tertiary/aromatic N) is 2. The molecule has 0 fully saturated rings. The van der Waals surface area contributed by atoms with Crippen molar-refractivity contribution in [2.45, 2.75) is 0 Å². The van der Waals surface area contributed by atoms with Crippen molar-refractivity contribution in [3.63, 3.8) is 0 Å². The molecule has 230 valence electrons. The van der Waals surface area contributed by atoms with Crippen molar-refractivity contribution in [2.24, 2.45) is 0 Å². The summed E-state index contributed by atoms with van der Waals surface area (Å²) in [5.74, 6) is 0. The normalized spacial score (nSPS) is 11.7. The second-order valence-electron chi connectivity index (χ2n) is 12.5. The molecule has 8 aromatic carbocycles. The van der Waals surface area contributed by atoms with Gasteiger partial charge >= 0.3 is 0 Å². The van der Waals surface area contributed by atoms with Crippen molar-refractivity contribution < 1.29 is 4.42 Å². The first-order valence-electron chi connectivity index (χ1n) is 16.7. The van der Waals surface area contributed by atoms with E-state index in [-0.39, 0.29) is 0 Å². The second kappa shape index (κ2) is 11.0. The lowest BCUT2D eigenvalue weighted by Gasteiger charge is -2.27. The highest BCUT2D eigenvalue weighted by Gasteiger charge is 2.22. The third-order valence-corrected chi connectivity index (χ3v) is 9.78. The smallest absolute Gasteiger partial charge is 0.159 e. The minimum absolute atomic E-state index is 0.876. The average molecular weight is 627 g/mol. The largest absolute Gasteiger partial charge is 0.454 e. The third-order valence-electron chi connectivity index (χ3n) is 9.78. The van der Waals surface area contributed by atoms with Gasteiger partial charge in [-0.15, -0.1) is 0 Å². The molecule has 0 aliphatic rings. The molecule has 0 bridgehead atoms. The topological polar surface area (TPSA) is 21.3 Å². The number of hydrogen-bond acceptors (Lipinski definition) is 2. The number of furan rings is 1. The van der Waals surface area contributed by atoms with Crippen LogP contribution in [0.1, 0.15) is 0 Å². The van der Waals surface area contributed by atoms with Crippen molar-refractivity contribution in [3.8, 4) is 16.8 Å². The number of aromatic nitrogens is 1. The Morgan fingerprint density at radius 3 is 1.90 bits per heavy atom. The van der Waals surface area contributed by atoms with Crippen LogP contribution in [0.25, 0.3) is 71.3 Å². The van der Waals surface area contributed by atoms with Gasteiger partial charge in [0.15, 0.2) is 5.58 Å². The van der Waals surface area contributed by atoms with E-state index >= 15 is 0 Å². The summed E-state index contributed by atoms with van der Waals surface area (Å²) in [6.45, 7) is 0. The maximum atomic E-state index is 6.58. The van der Waals surface area contributed by atoms with Gasteiger partial charge < -0.3 is 13.9 Å². The van der Waals surface area contributed by atoms with Crippen molar-refractivity contribution in [1.82, 2.24) is 4.57 Å². The molecule has 49 heavy (non-hydrogen) atoms. The van der Waals surface area contributed by atoms with Gasteiger partial charge in [-0.2, -0.15) is 0 Å². The SMILES string of the molecule is c1ccc(N(c2ccc(-c3ccc4c(c3)c3ccccc3n4-c3ccccc3)c3ccccc23)c2cccc3c2oc2ccccc23)cc1. The lowest BCUT2D eigenvalue weighted by atomic mass is 9.95. The summed E-state index contributed by atoms with van der Waals surface area (Å²) in [5.41, 5.74) is 10.9. The van der Waals surface area contributed by atoms with Gasteiger partial charge in [-0.3, -0.25) is 0 Å². The highest BCUT2D eigenvalue weighted by atomic mass is 16.3. The fourth-order valence-electron chi connectivity index (χ4n) is 7.62. The fraction of sp³-hybridized carbons (Fsp3) is 0. The van der Waals surface area contributed by atoms with Crippen LogP contribution >= 0.6 is 0 Å². The number of rotatable bonds is 5. The minimum Gasteiger partial charge on any atom is -0.454 e. The van der Waals surface area contributed by atoms with Crippen molar-refractivity contribution >= 4 is 71.6 Å². The first kappa shape index (κ1) is 27.5. The number of para-hydroxylation sites is 5. The summed E-state index contributed by atoms with van der Waals surface area (Å²) in [7, 11) is 0. The first-order valence-corrected chi connectivity index (χ1v) is 16.7. The van der Waals surface area contributed by atoms with Crippen LogP contribution in [-0.2, 0) is 0 Å². The van der Waals surface area contributed by atoms with E-state index in [0.29, 0.717) is 0 Å². The maximum Gasteiger partial charge on any atom is 0.159 e. The van der Waals surface area contributed by atoms with Crippen LogP contribution in [0.5, 0.6) is 0 Å². The summed E-state index contributed by atoms with van der Waals surface area (Å²) >= 11 is 0. The van der Waals surface area contributed by atoms with E-state index in [1.54, 1.807) is 0 Å². The summed E-state index contributed by atoms with van der Waals surface area (Å²) in [6.07, 6.45) is 0. The monoisotopic (exact) mass is 626 g/mol. The predicted octanol–water partition coefficient (Wildman–Crippen LogP) is 13.0. The highest BCUT2D eigenvalue weighted by molar-refractivity contribution is 6.14. The lowest BCUT2D eigenvalue weighted by Crippen LogP contribution is -2.10. The summed E-state index contributed by atoms with van der Waals surface area (Å²) in [6, 6.07) is 64.9. The molecule has 0 saturated carbocycles. The fourth-order valence-corrected chi connectivity index (χ4v) is 7.62. The van der Waals surface area contributed by atoms with E-state index in [2.05, 4.69) is 179 Å². The second-order valence-corrected chi connectivity index (χ2v) is 12.5. The van der Waals surface area contributed by atoms with Crippen molar-refractivity contribution in [2.75, 3.05) is 4.90 Å². The molecule has 0 spiro atoms. The summed E-state index contributed by atoms with van der Waals surface area (Å²) in [4.78, 5) is 2.34. The molecule has 2 heterocycles. The molecule has 0 aliphatic heterocycles. The van der Waals surface area contributed by atoms with Crippen LogP contribution in [0.4, 0.5) is 17.1 Å². The zero-order valence-electron chi connectivity index (χ0n) is 26.6. The van der Waals surface area contributed by atoms with Gasteiger partial charge in [0.2, 0.25) is 0 Å². The van der Waals surface area contributed by atoms with Gasteiger partial charge in [0.25, 0.3) is 0 Å². The first-order chi connectivity index (χ1) is 24.3. The van der Waals surface area contributed by atoms with Crippen molar-refractivity contribution in [3.05, 3.63) is 182 Å². The molecule has 0 amide bonds. The van der Waals surface area contributed by atoms with Crippen LogP contribution in [0, 0.1) is 0 Å². The zero-order chi connectivity index (χ0) is 32.3. The third kappa shape index (κ3) is 4.29. The van der Waals surface area contributed by atoms with Crippen LogP contribution in [0.3, 0.4) is 0 Å². The molecule has 3 heteroatoms. The number of hydrogen-bond donors (Lipinski definition) is 0. The van der Waals surface area contributed by atoms with Gasteiger partial charge in [0, 0.05) is 38.3 Å². The quantitative estimate of drug-likeness (QED) is 0.190. The van der Waals surface area contributed by atoms with Crippen LogP contribution in [-0.4, -0.2) is 4.57 Å². The standard InChI is InChI=1S/C46H30N2O/c1-3-14-32(15-4-1)47-41-23-11-9-20-37(41)40-30-31(26-28-43(40)47)34-27-29-42(36-19-8-7-18-35(34)36)48(33-16-5-2-6-17-33)44-24-13-22-39-38-21-10-12-25-45(38)49-46(39)44/h1-30H. The zero-order valence-corrected chi connectivity index (χ0v) is 26.6.